The highest BCUT2D eigenvalue weighted by Gasteiger charge is 2.41. The zero-order valence-corrected chi connectivity index (χ0v) is 17.2. The number of nitrogens with zero attached hydrogens (tertiary/aromatic N) is 1. The van der Waals surface area contributed by atoms with Crippen LogP contribution >= 0.6 is 0 Å². The van der Waals surface area contributed by atoms with E-state index in [0.29, 0.717) is 29.6 Å². The van der Waals surface area contributed by atoms with E-state index >= 15 is 0 Å². The number of hydrogen-bond acceptors (Lipinski definition) is 4. The standard InChI is InChI=1S/C22H30N2O4/c1-13-6-5-7-19(15(13)3)24-12-17(11-20(24)25)21(26)23-18-10-16(22(27)28-4)9-8-14(18)2/h8-10,13,15,17,19H,5-7,11-12H2,1-4H3,(H,23,26)/t13-,15+,17-,19+/m1/s1. The lowest BCUT2D eigenvalue weighted by molar-refractivity contribution is -0.131. The predicted molar refractivity (Wildman–Crippen MR) is 107 cm³/mol. The summed E-state index contributed by atoms with van der Waals surface area (Å²) < 4.78 is 4.75. The van der Waals surface area contributed by atoms with E-state index in [1.807, 2.05) is 11.8 Å². The van der Waals surface area contributed by atoms with Gasteiger partial charge in [-0.2, -0.15) is 0 Å². The number of rotatable bonds is 4. The molecule has 152 valence electrons. The Morgan fingerprint density at radius 2 is 1.96 bits per heavy atom. The van der Waals surface area contributed by atoms with E-state index in [-0.39, 0.29) is 30.2 Å². The van der Waals surface area contributed by atoms with Crippen molar-refractivity contribution in [3.63, 3.8) is 0 Å². The van der Waals surface area contributed by atoms with Gasteiger partial charge in [-0.25, -0.2) is 4.79 Å². The second kappa shape index (κ2) is 8.33. The van der Waals surface area contributed by atoms with Crippen molar-refractivity contribution < 1.29 is 19.1 Å². The SMILES string of the molecule is COC(=O)c1ccc(C)c(NC(=O)[C@@H]2CC(=O)N([C@H]3CCC[C@@H](C)[C@@H]3C)C2)c1. The lowest BCUT2D eigenvalue weighted by Crippen LogP contribution is -2.45. The van der Waals surface area contributed by atoms with Crippen LogP contribution < -0.4 is 5.32 Å². The summed E-state index contributed by atoms with van der Waals surface area (Å²) in [6, 6.07) is 5.30. The molecule has 6 nitrogen and oxygen atoms in total. The van der Waals surface area contributed by atoms with Crippen LogP contribution in [0.5, 0.6) is 0 Å². The molecule has 28 heavy (non-hydrogen) atoms. The molecule has 1 aromatic rings. The van der Waals surface area contributed by atoms with Crippen LogP contribution in [0.15, 0.2) is 18.2 Å². The molecule has 1 saturated carbocycles. The van der Waals surface area contributed by atoms with Crippen LogP contribution in [0.1, 0.15) is 55.5 Å². The molecule has 1 N–H and O–H groups in total. The Bertz CT molecular complexity index is 776. The maximum atomic E-state index is 12.8. The van der Waals surface area contributed by atoms with Gasteiger partial charge in [-0.1, -0.05) is 32.8 Å². The van der Waals surface area contributed by atoms with E-state index in [2.05, 4.69) is 19.2 Å². The fourth-order valence-corrected chi connectivity index (χ4v) is 4.46. The lowest BCUT2D eigenvalue weighted by atomic mass is 9.77. The Balaban J connectivity index is 1.69. The molecule has 1 heterocycles. The third kappa shape index (κ3) is 4.05. The number of carbonyl (C=O) groups is 3. The van der Waals surface area contributed by atoms with Crippen molar-refractivity contribution >= 4 is 23.5 Å². The van der Waals surface area contributed by atoms with Gasteiger partial charge in [0.05, 0.1) is 18.6 Å². The van der Waals surface area contributed by atoms with E-state index in [1.54, 1.807) is 18.2 Å². The molecule has 2 amide bonds. The van der Waals surface area contributed by atoms with Gasteiger partial charge in [0.15, 0.2) is 0 Å². The van der Waals surface area contributed by atoms with Gasteiger partial charge in [0.2, 0.25) is 11.8 Å². The largest absolute Gasteiger partial charge is 0.465 e. The Labute approximate surface area is 166 Å². The average Bonchev–Trinajstić information content (AvgIpc) is 3.06. The average molecular weight is 386 g/mol. The van der Waals surface area contributed by atoms with Gasteiger partial charge in [-0.3, -0.25) is 9.59 Å². The first-order valence-corrected chi connectivity index (χ1v) is 10.1. The van der Waals surface area contributed by atoms with Crippen LogP contribution in [-0.2, 0) is 14.3 Å². The minimum Gasteiger partial charge on any atom is -0.465 e. The number of carbonyl (C=O) groups excluding carboxylic acids is 3. The molecular formula is C22H30N2O4. The minimum atomic E-state index is -0.446. The van der Waals surface area contributed by atoms with E-state index in [0.717, 1.165) is 18.4 Å². The Morgan fingerprint density at radius 1 is 1.21 bits per heavy atom. The minimum absolute atomic E-state index is 0.0751. The maximum absolute atomic E-state index is 12.8. The van der Waals surface area contributed by atoms with Crippen LogP contribution in [0.4, 0.5) is 5.69 Å². The molecular weight excluding hydrogens is 356 g/mol. The van der Waals surface area contributed by atoms with E-state index < -0.39 is 5.97 Å². The maximum Gasteiger partial charge on any atom is 0.337 e. The summed E-state index contributed by atoms with van der Waals surface area (Å²) in [7, 11) is 1.33. The van der Waals surface area contributed by atoms with Crippen molar-refractivity contribution in [1.82, 2.24) is 4.90 Å². The molecule has 0 aromatic heterocycles. The Hall–Kier alpha value is -2.37. The first-order chi connectivity index (χ1) is 13.3. The Kier molecular flexibility index (Phi) is 6.06. The number of ether oxygens (including phenoxy) is 1. The molecule has 1 aliphatic heterocycles. The van der Waals surface area contributed by atoms with E-state index in [1.165, 1.54) is 13.5 Å². The summed E-state index contributed by atoms with van der Waals surface area (Å²) in [5.74, 6) is 0.154. The topological polar surface area (TPSA) is 75.7 Å². The number of anilines is 1. The number of methoxy groups -OCH3 is 1. The van der Waals surface area contributed by atoms with Gasteiger partial charge in [-0.15, -0.1) is 0 Å². The smallest absolute Gasteiger partial charge is 0.337 e. The van der Waals surface area contributed by atoms with E-state index in [4.69, 9.17) is 4.74 Å². The summed E-state index contributed by atoms with van der Waals surface area (Å²) >= 11 is 0. The van der Waals surface area contributed by atoms with Crippen LogP contribution in [-0.4, -0.2) is 42.4 Å². The van der Waals surface area contributed by atoms with Gasteiger partial charge in [0, 0.05) is 24.7 Å². The molecule has 3 rings (SSSR count). The van der Waals surface area contributed by atoms with Crippen LogP contribution in [0.25, 0.3) is 0 Å². The predicted octanol–water partition coefficient (Wildman–Crippen LogP) is 3.39. The molecule has 1 aromatic carbocycles. The van der Waals surface area contributed by atoms with Gasteiger partial charge in [0.25, 0.3) is 0 Å². The summed E-state index contributed by atoms with van der Waals surface area (Å²) in [6.45, 7) is 6.81. The summed E-state index contributed by atoms with van der Waals surface area (Å²) in [5.41, 5.74) is 1.83. The zero-order valence-electron chi connectivity index (χ0n) is 17.2. The molecule has 4 atom stereocenters. The quantitative estimate of drug-likeness (QED) is 0.805. The highest BCUT2D eigenvalue weighted by Crippen LogP contribution is 2.36. The highest BCUT2D eigenvalue weighted by atomic mass is 16.5. The normalized spacial score (nSPS) is 27.6. The summed E-state index contributed by atoms with van der Waals surface area (Å²) in [5, 5.41) is 2.91. The van der Waals surface area contributed by atoms with Crippen molar-refractivity contribution in [2.24, 2.45) is 17.8 Å². The molecule has 1 saturated heterocycles. The zero-order chi connectivity index (χ0) is 20.4. The van der Waals surface area contributed by atoms with Gasteiger partial charge in [0.1, 0.15) is 0 Å². The molecule has 2 fully saturated rings. The molecule has 0 bridgehead atoms. The fourth-order valence-electron chi connectivity index (χ4n) is 4.46. The number of likely N-dealkylation sites (tertiary alicyclic amines) is 1. The van der Waals surface area contributed by atoms with Gasteiger partial charge in [-0.05, 0) is 42.9 Å². The molecule has 0 radical (unpaired) electrons. The molecule has 1 aliphatic carbocycles. The molecule has 2 aliphatic rings. The van der Waals surface area contributed by atoms with Crippen molar-refractivity contribution in [3.8, 4) is 0 Å². The number of benzene rings is 1. The fraction of sp³-hybridized carbons (Fsp3) is 0.591. The first kappa shape index (κ1) is 20.4. The van der Waals surface area contributed by atoms with Crippen molar-refractivity contribution in [1.29, 1.82) is 0 Å². The summed E-state index contributed by atoms with van der Waals surface area (Å²) in [6.07, 6.45) is 3.61. The van der Waals surface area contributed by atoms with Crippen LogP contribution in [0, 0.1) is 24.7 Å². The van der Waals surface area contributed by atoms with E-state index in [9.17, 15) is 14.4 Å². The number of hydrogen-bond donors (Lipinski definition) is 1. The second-order valence-electron chi connectivity index (χ2n) is 8.29. The number of nitrogens with one attached hydrogen (secondary N) is 1. The highest BCUT2D eigenvalue weighted by molar-refractivity contribution is 5.99. The van der Waals surface area contributed by atoms with Crippen molar-refractivity contribution in [3.05, 3.63) is 29.3 Å². The van der Waals surface area contributed by atoms with Crippen LogP contribution in [0.2, 0.25) is 0 Å². The lowest BCUT2D eigenvalue weighted by Gasteiger charge is -2.40. The number of aryl methyl sites for hydroxylation is 1. The second-order valence-corrected chi connectivity index (χ2v) is 8.29. The molecule has 6 heteroatoms. The number of esters is 1. The molecule has 0 unspecified atom stereocenters. The third-order valence-electron chi connectivity index (χ3n) is 6.51. The molecule has 0 spiro atoms. The van der Waals surface area contributed by atoms with Crippen molar-refractivity contribution in [2.45, 2.75) is 52.5 Å². The summed E-state index contributed by atoms with van der Waals surface area (Å²) in [4.78, 5) is 39.1. The first-order valence-electron chi connectivity index (χ1n) is 10.1. The van der Waals surface area contributed by atoms with Crippen molar-refractivity contribution in [2.75, 3.05) is 19.0 Å². The number of amides is 2. The third-order valence-corrected chi connectivity index (χ3v) is 6.51. The van der Waals surface area contributed by atoms with Gasteiger partial charge < -0.3 is 15.0 Å². The monoisotopic (exact) mass is 386 g/mol. The van der Waals surface area contributed by atoms with Gasteiger partial charge >= 0.3 is 5.97 Å². The Morgan fingerprint density at radius 3 is 2.68 bits per heavy atom. The van der Waals surface area contributed by atoms with Crippen LogP contribution in [0.3, 0.4) is 0 Å².